The summed E-state index contributed by atoms with van der Waals surface area (Å²) in [5.74, 6) is -0.316. The SMILES string of the molecule is O=C(Cn1cnc2scc(-c3ccccc3)c2c1=O)Nc1nc2ccccc2s1. The molecule has 2 aromatic carbocycles. The average Bonchev–Trinajstić information content (AvgIpc) is 3.34. The Morgan fingerprint density at radius 2 is 1.86 bits per heavy atom. The van der Waals surface area contributed by atoms with Crippen molar-refractivity contribution in [3.63, 3.8) is 0 Å². The zero-order valence-corrected chi connectivity index (χ0v) is 16.7. The zero-order chi connectivity index (χ0) is 19.8. The topological polar surface area (TPSA) is 76.9 Å². The van der Waals surface area contributed by atoms with Gasteiger partial charge in [-0.3, -0.25) is 14.2 Å². The number of benzene rings is 2. The van der Waals surface area contributed by atoms with Gasteiger partial charge < -0.3 is 5.32 Å². The number of thiazole rings is 1. The minimum atomic E-state index is -0.316. The van der Waals surface area contributed by atoms with Gasteiger partial charge in [0.05, 0.1) is 21.9 Å². The van der Waals surface area contributed by atoms with Gasteiger partial charge in [0.1, 0.15) is 11.4 Å². The van der Waals surface area contributed by atoms with Crippen molar-refractivity contribution >= 4 is 54.1 Å². The lowest BCUT2D eigenvalue weighted by atomic mass is 10.1. The van der Waals surface area contributed by atoms with Crippen LogP contribution in [0.5, 0.6) is 0 Å². The minimum Gasteiger partial charge on any atom is -0.300 e. The smallest absolute Gasteiger partial charge is 0.263 e. The Hall–Kier alpha value is -3.36. The molecule has 3 heterocycles. The second kappa shape index (κ2) is 7.23. The van der Waals surface area contributed by atoms with Gasteiger partial charge in [0.15, 0.2) is 5.13 Å². The zero-order valence-electron chi connectivity index (χ0n) is 15.0. The third-order valence-corrected chi connectivity index (χ3v) is 6.34. The van der Waals surface area contributed by atoms with E-state index < -0.39 is 0 Å². The molecule has 0 aliphatic heterocycles. The van der Waals surface area contributed by atoms with E-state index in [2.05, 4.69) is 15.3 Å². The molecule has 1 N–H and O–H groups in total. The normalized spacial score (nSPS) is 11.2. The van der Waals surface area contributed by atoms with Crippen molar-refractivity contribution in [3.05, 3.63) is 76.7 Å². The first kappa shape index (κ1) is 17.7. The van der Waals surface area contributed by atoms with Gasteiger partial charge in [-0.2, -0.15) is 0 Å². The summed E-state index contributed by atoms with van der Waals surface area (Å²) in [6.45, 7) is -0.123. The van der Waals surface area contributed by atoms with E-state index in [1.807, 2.05) is 60.0 Å². The van der Waals surface area contributed by atoms with Crippen LogP contribution in [-0.2, 0) is 11.3 Å². The standard InChI is InChI=1S/C21H14N4O2S2/c26-17(24-21-23-15-8-4-5-9-16(15)29-21)10-25-12-22-19-18(20(25)27)14(11-28-19)13-6-2-1-3-7-13/h1-9,11-12H,10H2,(H,23,24,26). The second-order valence-electron chi connectivity index (χ2n) is 6.41. The van der Waals surface area contributed by atoms with E-state index in [-0.39, 0.29) is 18.0 Å². The van der Waals surface area contributed by atoms with Crippen LogP contribution >= 0.6 is 22.7 Å². The molecule has 6 nitrogen and oxygen atoms in total. The molecular formula is C21H14N4O2S2. The van der Waals surface area contributed by atoms with Crippen LogP contribution in [0.2, 0.25) is 0 Å². The molecule has 0 aliphatic carbocycles. The lowest BCUT2D eigenvalue weighted by molar-refractivity contribution is -0.116. The van der Waals surface area contributed by atoms with Crippen molar-refractivity contribution in [3.8, 4) is 11.1 Å². The van der Waals surface area contributed by atoms with E-state index in [4.69, 9.17) is 0 Å². The van der Waals surface area contributed by atoms with Crippen molar-refractivity contribution in [2.24, 2.45) is 0 Å². The maximum atomic E-state index is 13.0. The fourth-order valence-corrected chi connectivity index (χ4v) is 4.94. The van der Waals surface area contributed by atoms with Crippen LogP contribution in [0.15, 0.2) is 71.1 Å². The van der Waals surface area contributed by atoms with Crippen molar-refractivity contribution in [2.75, 3.05) is 5.32 Å². The lowest BCUT2D eigenvalue weighted by Gasteiger charge is -2.06. The van der Waals surface area contributed by atoms with Crippen LogP contribution < -0.4 is 10.9 Å². The third-order valence-electron chi connectivity index (χ3n) is 4.50. The highest BCUT2D eigenvalue weighted by Crippen LogP contribution is 2.30. The average molecular weight is 419 g/mol. The molecule has 5 rings (SSSR count). The van der Waals surface area contributed by atoms with Crippen LogP contribution in [0.4, 0.5) is 5.13 Å². The first-order valence-corrected chi connectivity index (χ1v) is 10.6. The number of nitrogens with one attached hydrogen (secondary N) is 1. The Morgan fingerprint density at radius 3 is 2.69 bits per heavy atom. The molecule has 0 spiro atoms. The molecule has 29 heavy (non-hydrogen) atoms. The number of rotatable bonds is 4. The second-order valence-corrected chi connectivity index (χ2v) is 8.30. The molecule has 3 aromatic heterocycles. The van der Waals surface area contributed by atoms with Gasteiger partial charge >= 0.3 is 0 Å². The summed E-state index contributed by atoms with van der Waals surface area (Å²) in [6, 6.07) is 17.4. The first-order chi connectivity index (χ1) is 14.2. The Balaban J connectivity index is 1.45. The fraction of sp³-hybridized carbons (Fsp3) is 0.0476. The van der Waals surface area contributed by atoms with Crippen molar-refractivity contribution in [2.45, 2.75) is 6.54 Å². The number of thiophene rings is 1. The van der Waals surface area contributed by atoms with Crippen LogP contribution in [0.1, 0.15) is 0 Å². The molecule has 0 radical (unpaired) electrons. The quantitative estimate of drug-likeness (QED) is 0.470. The van der Waals surface area contributed by atoms with Crippen molar-refractivity contribution in [1.82, 2.24) is 14.5 Å². The number of carbonyl (C=O) groups excluding carboxylic acids is 1. The van der Waals surface area contributed by atoms with Gasteiger partial charge in [0.25, 0.3) is 5.56 Å². The predicted octanol–water partition coefficient (Wildman–Crippen LogP) is 4.37. The molecule has 8 heteroatoms. The van der Waals surface area contributed by atoms with E-state index in [1.54, 1.807) is 0 Å². The Bertz CT molecular complexity index is 1370. The molecule has 0 unspecified atom stereocenters. The summed E-state index contributed by atoms with van der Waals surface area (Å²) in [5.41, 5.74) is 2.40. The Morgan fingerprint density at radius 1 is 1.07 bits per heavy atom. The molecule has 0 saturated carbocycles. The first-order valence-electron chi connectivity index (χ1n) is 8.86. The number of fused-ring (bicyclic) bond motifs is 2. The maximum Gasteiger partial charge on any atom is 0.263 e. The summed E-state index contributed by atoms with van der Waals surface area (Å²) in [7, 11) is 0. The van der Waals surface area contributed by atoms with E-state index in [9.17, 15) is 9.59 Å². The number of carbonyl (C=O) groups is 1. The van der Waals surface area contributed by atoms with Crippen molar-refractivity contribution < 1.29 is 4.79 Å². The summed E-state index contributed by atoms with van der Waals surface area (Å²) >= 11 is 2.82. The highest BCUT2D eigenvalue weighted by atomic mass is 32.1. The summed E-state index contributed by atoms with van der Waals surface area (Å²) in [6.07, 6.45) is 1.42. The molecule has 0 atom stereocenters. The van der Waals surface area contributed by atoms with Gasteiger partial charge in [0, 0.05) is 10.9 Å². The van der Waals surface area contributed by atoms with E-state index in [0.717, 1.165) is 21.3 Å². The molecule has 1 amide bonds. The van der Waals surface area contributed by atoms with E-state index >= 15 is 0 Å². The third kappa shape index (κ3) is 3.32. The molecule has 0 aliphatic rings. The Kier molecular flexibility index (Phi) is 4.42. The highest BCUT2D eigenvalue weighted by molar-refractivity contribution is 7.22. The summed E-state index contributed by atoms with van der Waals surface area (Å²) in [5, 5.41) is 5.76. The minimum absolute atomic E-state index is 0.123. The van der Waals surface area contributed by atoms with E-state index in [0.29, 0.717) is 15.3 Å². The lowest BCUT2D eigenvalue weighted by Crippen LogP contribution is -2.27. The number of para-hydroxylation sites is 1. The summed E-state index contributed by atoms with van der Waals surface area (Å²) in [4.78, 5) is 35.0. The predicted molar refractivity (Wildman–Crippen MR) is 118 cm³/mol. The molecule has 0 bridgehead atoms. The van der Waals surface area contributed by atoms with Crippen molar-refractivity contribution in [1.29, 1.82) is 0 Å². The molecular weight excluding hydrogens is 404 g/mol. The Labute approximate surface area is 173 Å². The molecule has 0 saturated heterocycles. The maximum absolute atomic E-state index is 13.0. The molecule has 142 valence electrons. The van der Waals surface area contributed by atoms with Gasteiger partial charge in [-0.25, -0.2) is 9.97 Å². The number of anilines is 1. The van der Waals surface area contributed by atoms with Gasteiger partial charge in [-0.1, -0.05) is 53.8 Å². The molecule has 5 aromatic rings. The van der Waals surface area contributed by atoms with Crippen LogP contribution in [0.25, 0.3) is 31.6 Å². The summed E-state index contributed by atoms with van der Waals surface area (Å²) < 4.78 is 2.33. The number of nitrogens with zero attached hydrogens (tertiary/aromatic N) is 3. The monoisotopic (exact) mass is 418 g/mol. The van der Waals surface area contributed by atoms with Crippen LogP contribution in [0.3, 0.4) is 0 Å². The molecule has 0 fully saturated rings. The highest BCUT2D eigenvalue weighted by Gasteiger charge is 2.15. The number of aromatic nitrogens is 3. The van der Waals surface area contributed by atoms with E-state index in [1.165, 1.54) is 33.6 Å². The number of hydrogen-bond donors (Lipinski definition) is 1. The van der Waals surface area contributed by atoms with Crippen LogP contribution in [0, 0.1) is 0 Å². The fourth-order valence-electron chi connectivity index (χ4n) is 3.15. The van der Waals surface area contributed by atoms with Crippen LogP contribution in [-0.4, -0.2) is 20.4 Å². The number of hydrogen-bond acceptors (Lipinski definition) is 6. The van der Waals surface area contributed by atoms with Gasteiger partial charge in [-0.05, 0) is 17.7 Å². The van der Waals surface area contributed by atoms with Gasteiger partial charge in [0.2, 0.25) is 5.91 Å². The van der Waals surface area contributed by atoms with Gasteiger partial charge in [-0.15, -0.1) is 11.3 Å². The number of amides is 1. The largest absolute Gasteiger partial charge is 0.300 e.